The fourth-order valence-electron chi connectivity index (χ4n) is 3.19. The maximum absolute atomic E-state index is 14.2. The third-order valence-corrected chi connectivity index (χ3v) is 4.34. The van der Waals surface area contributed by atoms with Crippen LogP contribution in [0.15, 0.2) is 35.4 Å². The van der Waals surface area contributed by atoms with Crippen LogP contribution < -0.4 is 5.73 Å². The van der Waals surface area contributed by atoms with E-state index in [0.29, 0.717) is 24.2 Å². The summed E-state index contributed by atoms with van der Waals surface area (Å²) >= 11 is 0. The van der Waals surface area contributed by atoms with Crippen LogP contribution in [0.4, 0.5) is 8.78 Å². The zero-order valence-corrected chi connectivity index (χ0v) is 15.3. The molecule has 2 aromatic rings. The Morgan fingerprint density at radius 3 is 2.62 bits per heavy atom. The van der Waals surface area contributed by atoms with Crippen LogP contribution in [-0.4, -0.2) is 16.1 Å². The highest BCUT2D eigenvalue weighted by molar-refractivity contribution is 6.03. The molecule has 0 saturated carbocycles. The second kappa shape index (κ2) is 6.27. The number of hydrogen-bond acceptors (Lipinski definition) is 3. The van der Waals surface area contributed by atoms with E-state index < -0.39 is 23.2 Å². The van der Waals surface area contributed by atoms with Gasteiger partial charge >= 0.3 is 5.97 Å². The van der Waals surface area contributed by atoms with Gasteiger partial charge < -0.3 is 15.0 Å². The van der Waals surface area contributed by atoms with E-state index in [-0.39, 0.29) is 16.7 Å². The zero-order valence-electron chi connectivity index (χ0n) is 15.3. The van der Waals surface area contributed by atoms with Gasteiger partial charge in [0.05, 0.1) is 22.5 Å². The molecular formula is C20H22F2N2O2. The van der Waals surface area contributed by atoms with Gasteiger partial charge in [-0.3, -0.25) is 0 Å². The van der Waals surface area contributed by atoms with Crippen molar-refractivity contribution in [3.63, 3.8) is 0 Å². The number of benzene rings is 1. The van der Waals surface area contributed by atoms with E-state index in [2.05, 4.69) is 0 Å². The molecule has 2 heterocycles. The Hall–Kier alpha value is -2.63. The molecule has 6 heteroatoms. The van der Waals surface area contributed by atoms with Crippen LogP contribution in [0.2, 0.25) is 0 Å². The third-order valence-electron chi connectivity index (χ3n) is 4.34. The predicted octanol–water partition coefficient (Wildman–Crippen LogP) is 4.28. The van der Waals surface area contributed by atoms with Crippen molar-refractivity contribution in [2.24, 2.45) is 5.73 Å². The van der Waals surface area contributed by atoms with Gasteiger partial charge in [0.1, 0.15) is 5.60 Å². The third kappa shape index (κ3) is 3.00. The fourth-order valence-corrected chi connectivity index (χ4v) is 3.19. The highest BCUT2D eigenvalue weighted by atomic mass is 19.2. The first-order valence-corrected chi connectivity index (χ1v) is 8.54. The van der Waals surface area contributed by atoms with Crippen molar-refractivity contribution in [3.8, 4) is 0 Å². The lowest BCUT2D eigenvalue weighted by molar-refractivity contribution is -0.149. The van der Waals surface area contributed by atoms with Crippen molar-refractivity contribution in [1.82, 2.24) is 4.57 Å². The molecule has 26 heavy (non-hydrogen) atoms. The Bertz CT molecular complexity index is 962. The van der Waals surface area contributed by atoms with E-state index in [4.69, 9.17) is 10.5 Å². The molecule has 2 N–H and O–H groups in total. The van der Waals surface area contributed by atoms with Crippen LogP contribution in [-0.2, 0) is 16.1 Å². The van der Waals surface area contributed by atoms with Crippen LogP contribution in [0, 0.1) is 11.6 Å². The van der Waals surface area contributed by atoms with Crippen molar-refractivity contribution >= 4 is 22.6 Å². The summed E-state index contributed by atoms with van der Waals surface area (Å²) in [6, 6.07) is 4.09. The Morgan fingerprint density at radius 2 is 2.00 bits per heavy atom. The summed E-state index contributed by atoms with van der Waals surface area (Å²) in [5, 5.41) is 0.139. The summed E-state index contributed by atoms with van der Waals surface area (Å²) in [6.07, 6.45) is 2.48. The SMILES string of the molecule is CCC1=CCn2c(cc3c(F)c(F)ccc32)C(N)=C1C(=O)OC(C)(C)C. The molecule has 0 saturated heterocycles. The van der Waals surface area contributed by atoms with Gasteiger partial charge in [-0.15, -0.1) is 0 Å². The van der Waals surface area contributed by atoms with Crippen molar-refractivity contribution in [2.75, 3.05) is 0 Å². The van der Waals surface area contributed by atoms with Crippen molar-refractivity contribution in [1.29, 1.82) is 0 Å². The molecule has 3 rings (SSSR count). The number of fused-ring (bicyclic) bond motifs is 3. The molecule has 0 atom stereocenters. The molecule has 0 amide bonds. The lowest BCUT2D eigenvalue weighted by Crippen LogP contribution is -2.26. The summed E-state index contributed by atoms with van der Waals surface area (Å²) in [5.41, 5.74) is 7.93. The Morgan fingerprint density at radius 1 is 1.31 bits per heavy atom. The normalized spacial score (nSPS) is 14.9. The van der Waals surface area contributed by atoms with Crippen LogP contribution in [0.3, 0.4) is 0 Å². The van der Waals surface area contributed by atoms with Gasteiger partial charge in [-0.25, -0.2) is 13.6 Å². The first kappa shape index (κ1) is 18.2. The quantitative estimate of drug-likeness (QED) is 0.813. The van der Waals surface area contributed by atoms with Crippen molar-refractivity contribution < 1.29 is 18.3 Å². The number of nitrogens with two attached hydrogens (primary N) is 1. The molecule has 4 nitrogen and oxygen atoms in total. The molecule has 0 fully saturated rings. The topological polar surface area (TPSA) is 57.2 Å². The van der Waals surface area contributed by atoms with Gasteiger partial charge in [-0.05, 0) is 51.0 Å². The van der Waals surface area contributed by atoms with Crippen LogP contribution >= 0.6 is 0 Å². The van der Waals surface area contributed by atoms with Gasteiger partial charge in [0, 0.05) is 11.9 Å². The van der Waals surface area contributed by atoms with Crippen LogP contribution in [0.5, 0.6) is 0 Å². The molecular weight excluding hydrogens is 338 g/mol. The Balaban J connectivity index is 2.24. The number of carbonyl (C=O) groups excluding carboxylic acids is 1. The first-order chi connectivity index (χ1) is 12.1. The summed E-state index contributed by atoms with van der Waals surface area (Å²) in [5.74, 6) is -2.36. The average molecular weight is 360 g/mol. The van der Waals surface area contributed by atoms with E-state index in [1.165, 1.54) is 12.1 Å². The second-order valence-electron chi connectivity index (χ2n) is 7.31. The number of allylic oxidation sites excluding steroid dienone is 1. The maximum Gasteiger partial charge on any atom is 0.341 e. The number of esters is 1. The number of carbonyl (C=O) groups is 1. The zero-order chi connectivity index (χ0) is 19.2. The number of halogens is 2. The van der Waals surface area contributed by atoms with Crippen LogP contribution in [0.1, 0.15) is 39.8 Å². The molecule has 0 bridgehead atoms. The minimum atomic E-state index is -0.922. The highest BCUT2D eigenvalue weighted by Gasteiger charge is 2.28. The predicted molar refractivity (Wildman–Crippen MR) is 97.2 cm³/mol. The van der Waals surface area contributed by atoms with E-state index in [1.54, 1.807) is 25.3 Å². The van der Waals surface area contributed by atoms with Gasteiger partial charge in [0.15, 0.2) is 11.6 Å². The van der Waals surface area contributed by atoms with Crippen molar-refractivity contribution in [3.05, 3.63) is 52.7 Å². The molecule has 0 spiro atoms. The molecule has 138 valence electrons. The van der Waals surface area contributed by atoms with Gasteiger partial charge in [-0.2, -0.15) is 0 Å². The lowest BCUT2D eigenvalue weighted by Gasteiger charge is -2.22. The standard InChI is InChI=1S/C20H22F2N2O2/c1-5-11-8-9-24-14-7-6-13(21)17(22)12(14)10-15(24)18(23)16(11)19(25)26-20(2,3)4/h6-8,10H,5,9,23H2,1-4H3. The molecule has 0 aliphatic carbocycles. The van der Waals surface area contributed by atoms with Gasteiger partial charge in [0.25, 0.3) is 0 Å². The summed E-state index contributed by atoms with van der Waals surface area (Å²) in [6.45, 7) is 7.67. The van der Waals surface area contributed by atoms with Crippen LogP contribution in [0.25, 0.3) is 16.6 Å². The van der Waals surface area contributed by atoms with Crippen molar-refractivity contribution in [2.45, 2.75) is 46.3 Å². The maximum atomic E-state index is 14.2. The summed E-state index contributed by atoms with van der Waals surface area (Å²) < 4.78 is 35.1. The molecule has 1 aromatic carbocycles. The largest absolute Gasteiger partial charge is 0.456 e. The lowest BCUT2D eigenvalue weighted by atomic mass is 10.00. The second-order valence-corrected chi connectivity index (χ2v) is 7.31. The monoisotopic (exact) mass is 360 g/mol. The van der Waals surface area contributed by atoms with E-state index in [0.717, 1.165) is 11.6 Å². The van der Waals surface area contributed by atoms with E-state index in [1.807, 2.05) is 13.0 Å². The summed E-state index contributed by atoms with van der Waals surface area (Å²) in [4.78, 5) is 12.7. The highest BCUT2D eigenvalue weighted by Crippen LogP contribution is 2.33. The Labute approximate surface area is 150 Å². The average Bonchev–Trinajstić information content (AvgIpc) is 2.85. The molecule has 0 radical (unpaired) electrons. The van der Waals surface area contributed by atoms with E-state index in [9.17, 15) is 13.6 Å². The molecule has 1 aromatic heterocycles. The number of rotatable bonds is 2. The smallest absolute Gasteiger partial charge is 0.341 e. The number of hydrogen-bond donors (Lipinski definition) is 1. The minimum absolute atomic E-state index is 0.139. The van der Waals surface area contributed by atoms with Gasteiger partial charge in [0.2, 0.25) is 0 Å². The summed E-state index contributed by atoms with van der Waals surface area (Å²) in [7, 11) is 0. The number of nitrogens with zero attached hydrogens (tertiary/aromatic N) is 1. The molecule has 1 aliphatic heterocycles. The Kier molecular flexibility index (Phi) is 4.38. The number of ether oxygens (including phenoxy) is 1. The first-order valence-electron chi connectivity index (χ1n) is 8.54. The molecule has 0 unspecified atom stereocenters. The minimum Gasteiger partial charge on any atom is -0.456 e. The molecule has 1 aliphatic rings. The fraction of sp³-hybridized carbons (Fsp3) is 0.350. The number of aromatic nitrogens is 1. The van der Waals surface area contributed by atoms with E-state index >= 15 is 0 Å². The van der Waals surface area contributed by atoms with Gasteiger partial charge in [-0.1, -0.05) is 13.0 Å².